The predicted molar refractivity (Wildman–Crippen MR) is 75.7 cm³/mol. The first kappa shape index (κ1) is 13.8. The summed E-state index contributed by atoms with van der Waals surface area (Å²) in [6, 6.07) is 6.23. The average Bonchev–Trinajstić information content (AvgIpc) is 2.92. The number of anilines is 1. The minimum Gasteiger partial charge on any atom is -0.496 e. The minimum atomic E-state index is 0.148. The van der Waals surface area contributed by atoms with Crippen molar-refractivity contribution in [2.45, 2.75) is 19.6 Å². The van der Waals surface area contributed by atoms with Crippen LogP contribution in [-0.4, -0.2) is 24.4 Å². The Kier molecular flexibility index (Phi) is 4.70. The Morgan fingerprint density at radius 3 is 2.84 bits per heavy atom. The van der Waals surface area contributed by atoms with E-state index in [1.54, 1.807) is 19.7 Å². The SMILES string of the molecule is COCc1cc(C(C)Nc2nncs2)ccc1OC. The highest BCUT2D eigenvalue weighted by Crippen LogP contribution is 2.26. The first-order valence-electron chi connectivity index (χ1n) is 5.93. The molecule has 0 amide bonds. The number of rotatable bonds is 6. The second-order valence-corrected chi connectivity index (χ2v) is 4.95. The number of ether oxygens (including phenoxy) is 2. The molecule has 6 heteroatoms. The van der Waals surface area contributed by atoms with Crippen molar-refractivity contribution in [1.29, 1.82) is 0 Å². The largest absolute Gasteiger partial charge is 0.496 e. The molecule has 1 N–H and O–H groups in total. The number of hydrogen-bond donors (Lipinski definition) is 1. The molecule has 2 rings (SSSR count). The second kappa shape index (κ2) is 6.49. The van der Waals surface area contributed by atoms with Gasteiger partial charge in [0.15, 0.2) is 0 Å². The van der Waals surface area contributed by atoms with Crippen LogP contribution < -0.4 is 10.1 Å². The van der Waals surface area contributed by atoms with E-state index in [0.717, 1.165) is 22.0 Å². The van der Waals surface area contributed by atoms with Gasteiger partial charge in [-0.2, -0.15) is 0 Å². The lowest BCUT2D eigenvalue weighted by atomic mass is 10.0. The van der Waals surface area contributed by atoms with Gasteiger partial charge in [0.25, 0.3) is 0 Å². The van der Waals surface area contributed by atoms with E-state index in [1.807, 2.05) is 12.1 Å². The van der Waals surface area contributed by atoms with Gasteiger partial charge in [-0.25, -0.2) is 0 Å². The van der Waals surface area contributed by atoms with E-state index in [9.17, 15) is 0 Å². The van der Waals surface area contributed by atoms with Gasteiger partial charge in [-0.05, 0) is 24.6 Å². The van der Waals surface area contributed by atoms with Gasteiger partial charge >= 0.3 is 0 Å². The summed E-state index contributed by atoms with van der Waals surface area (Å²) in [6.07, 6.45) is 0. The van der Waals surface area contributed by atoms with Crippen molar-refractivity contribution in [2.24, 2.45) is 0 Å². The van der Waals surface area contributed by atoms with Crippen LogP contribution in [0.4, 0.5) is 5.13 Å². The van der Waals surface area contributed by atoms with Crippen LogP contribution in [0.2, 0.25) is 0 Å². The number of nitrogens with one attached hydrogen (secondary N) is 1. The molecule has 5 nitrogen and oxygen atoms in total. The first-order valence-corrected chi connectivity index (χ1v) is 6.81. The molecule has 0 saturated heterocycles. The van der Waals surface area contributed by atoms with Crippen LogP contribution >= 0.6 is 11.3 Å². The van der Waals surface area contributed by atoms with E-state index in [4.69, 9.17) is 9.47 Å². The Bertz CT molecular complexity index is 517. The summed E-state index contributed by atoms with van der Waals surface area (Å²) < 4.78 is 10.5. The van der Waals surface area contributed by atoms with Gasteiger partial charge < -0.3 is 14.8 Å². The Morgan fingerprint density at radius 1 is 1.37 bits per heavy atom. The highest BCUT2D eigenvalue weighted by atomic mass is 32.1. The molecule has 0 saturated carbocycles. The van der Waals surface area contributed by atoms with Crippen molar-refractivity contribution >= 4 is 16.5 Å². The predicted octanol–water partition coefficient (Wildman–Crippen LogP) is 2.87. The summed E-state index contributed by atoms with van der Waals surface area (Å²) in [5.41, 5.74) is 3.90. The molecular weight excluding hydrogens is 262 g/mol. The summed E-state index contributed by atoms with van der Waals surface area (Å²) in [6.45, 7) is 2.61. The molecule has 0 bridgehead atoms. The lowest BCUT2D eigenvalue weighted by Crippen LogP contribution is -2.07. The van der Waals surface area contributed by atoms with Crippen LogP contribution in [0.3, 0.4) is 0 Å². The third-order valence-corrected chi connectivity index (χ3v) is 3.43. The first-order chi connectivity index (χ1) is 9.24. The monoisotopic (exact) mass is 279 g/mol. The highest BCUT2D eigenvalue weighted by molar-refractivity contribution is 7.13. The Hall–Kier alpha value is -1.66. The summed E-state index contributed by atoms with van der Waals surface area (Å²) in [5.74, 6) is 0.841. The molecule has 1 atom stereocenters. The van der Waals surface area contributed by atoms with Gasteiger partial charge in [0.2, 0.25) is 5.13 Å². The third kappa shape index (κ3) is 3.42. The molecule has 1 aromatic heterocycles. The lowest BCUT2D eigenvalue weighted by molar-refractivity contribution is 0.181. The van der Waals surface area contributed by atoms with Crippen molar-refractivity contribution in [3.05, 3.63) is 34.8 Å². The zero-order chi connectivity index (χ0) is 13.7. The van der Waals surface area contributed by atoms with E-state index in [1.165, 1.54) is 11.3 Å². The lowest BCUT2D eigenvalue weighted by Gasteiger charge is -2.16. The summed E-state index contributed by atoms with van der Waals surface area (Å²) >= 11 is 1.49. The molecular formula is C13H17N3O2S. The molecule has 1 unspecified atom stereocenters. The number of hydrogen-bond acceptors (Lipinski definition) is 6. The molecule has 0 aliphatic heterocycles. The quantitative estimate of drug-likeness (QED) is 0.881. The second-order valence-electron chi connectivity index (χ2n) is 4.11. The van der Waals surface area contributed by atoms with Crippen LogP contribution in [0.15, 0.2) is 23.7 Å². The van der Waals surface area contributed by atoms with Gasteiger partial charge in [-0.15, -0.1) is 10.2 Å². The summed E-state index contributed by atoms with van der Waals surface area (Å²) in [4.78, 5) is 0. The van der Waals surface area contributed by atoms with Gasteiger partial charge in [0.05, 0.1) is 19.8 Å². The highest BCUT2D eigenvalue weighted by Gasteiger charge is 2.10. The van der Waals surface area contributed by atoms with E-state index in [-0.39, 0.29) is 6.04 Å². The standard InChI is InChI=1S/C13H17N3O2S/c1-9(15-13-16-14-8-19-13)10-4-5-12(18-3)11(6-10)7-17-2/h4-6,8-9H,7H2,1-3H3,(H,15,16). The zero-order valence-electron chi connectivity index (χ0n) is 11.2. The van der Waals surface area contributed by atoms with Crippen molar-refractivity contribution in [1.82, 2.24) is 10.2 Å². The molecule has 2 aromatic rings. The molecule has 1 aromatic carbocycles. The van der Waals surface area contributed by atoms with Crippen LogP contribution in [0, 0.1) is 0 Å². The Balaban J connectivity index is 2.17. The molecule has 102 valence electrons. The normalized spacial score (nSPS) is 12.2. The van der Waals surface area contributed by atoms with Crippen molar-refractivity contribution in [2.75, 3.05) is 19.5 Å². The van der Waals surface area contributed by atoms with E-state index >= 15 is 0 Å². The maximum atomic E-state index is 5.32. The fourth-order valence-corrected chi connectivity index (χ4v) is 2.37. The number of nitrogens with zero attached hydrogens (tertiary/aromatic N) is 2. The van der Waals surface area contributed by atoms with Crippen molar-refractivity contribution in [3.8, 4) is 5.75 Å². The van der Waals surface area contributed by atoms with Crippen LogP contribution in [0.5, 0.6) is 5.75 Å². The van der Waals surface area contributed by atoms with Crippen molar-refractivity contribution < 1.29 is 9.47 Å². The Labute approximate surface area is 116 Å². The molecule has 0 radical (unpaired) electrons. The van der Waals surface area contributed by atoms with Gasteiger partial charge in [0.1, 0.15) is 11.3 Å². The molecule has 0 aliphatic rings. The fraction of sp³-hybridized carbons (Fsp3) is 0.385. The number of methoxy groups -OCH3 is 2. The maximum Gasteiger partial charge on any atom is 0.205 e. The third-order valence-electron chi connectivity index (χ3n) is 2.80. The average molecular weight is 279 g/mol. The molecule has 19 heavy (non-hydrogen) atoms. The molecule has 0 spiro atoms. The van der Waals surface area contributed by atoms with E-state index in [2.05, 4.69) is 28.5 Å². The fourth-order valence-electron chi connectivity index (χ4n) is 1.84. The van der Waals surface area contributed by atoms with Crippen LogP contribution in [0.1, 0.15) is 24.1 Å². The minimum absolute atomic E-state index is 0.148. The molecule has 0 aliphatic carbocycles. The van der Waals surface area contributed by atoms with E-state index in [0.29, 0.717) is 6.61 Å². The smallest absolute Gasteiger partial charge is 0.205 e. The summed E-state index contributed by atoms with van der Waals surface area (Å²) in [5, 5.41) is 11.9. The van der Waals surface area contributed by atoms with Crippen molar-refractivity contribution in [3.63, 3.8) is 0 Å². The topological polar surface area (TPSA) is 56.3 Å². The molecule has 1 heterocycles. The van der Waals surface area contributed by atoms with Crippen LogP contribution in [0.25, 0.3) is 0 Å². The van der Waals surface area contributed by atoms with Gasteiger partial charge in [-0.1, -0.05) is 17.4 Å². The number of benzene rings is 1. The maximum absolute atomic E-state index is 5.32. The van der Waals surface area contributed by atoms with Crippen LogP contribution in [-0.2, 0) is 11.3 Å². The number of aromatic nitrogens is 2. The Morgan fingerprint density at radius 2 is 2.21 bits per heavy atom. The van der Waals surface area contributed by atoms with E-state index < -0.39 is 0 Å². The summed E-state index contributed by atoms with van der Waals surface area (Å²) in [7, 11) is 3.34. The molecule has 0 fully saturated rings. The zero-order valence-corrected chi connectivity index (χ0v) is 12.0. The van der Waals surface area contributed by atoms with Gasteiger partial charge in [0, 0.05) is 12.7 Å². The van der Waals surface area contributed by atoms with Gasteiger partial charge in [-0.3, -0.25) is 0 Å².